The summed E-state index contributed by atoms with van der Waals surface area (Å²) in [5.74, 6) is 0. The van der Waals surface area contributed by atoms with E-state index in [0.29, 0.717) is 12.0 Å². The number of hydrogen-bond donors (Lipinski definition) is 0. The van der Waals surface area contributed by atoms with E-state index in [1.165, 1.54) is 0 Å². The Morgan fingerprint density at radius 2 is 1.33 bits per heavy atom. The molecule has 4 aromatic rings. The van der Waals surface area contributed by atoms with Crippen LogP contribution in [0.5, 0.6) is 0 Å². The van der Waals surface area contributed by atoms with E-state index >= 15 is 0 Å². The molecule has 0 heterocycles. The molecule has 158 valence electrons. The predicted molar refractivity (Wildman–Crippen MR) is 141 cm³/mol. The van der Waals surface area contributed by atoms with E-state index in [4.69, 9.17) is 10.3 Å². The predicted octanol–water partition coefficient (Wildman–Crippen LogP) is 6.80. The zero-order valence-electron chi connectivity index (χ0n) is 17.8. The van der Waals surface area contributed by atoms with Gasteiger partial charge in [0, 0.05) is 21.1 Å². The molecule has 4 aromatic carbocycles. The Hall–Kier alpha value is -3.74. The number of halogens is 1. The van der Waals surface area contributed by atoms with E-state index in [1.807, 2.05) is 84.9 Å². The minimum atomic E-state index is -0.505. The van der Waals surface area contributed by atoms with Crippen molar-refractivity contribution >= 4 is 28.3 Å². The summed E-state index contributed by atoms with van der Waals surface area (Å²) < 4.78 is 1.09. The summed E-state index contributed by atoms with van der Waals surface area (Å²) in [6.07, 6.45) is 0.533. The van der Waals surface area contributed by atoms with Crippen molar-refractivity contribution < 1.29 is 0 Å². The topological polar surface area (TPSA) is 59.9 Å². The van der Waals surface area contributed by atoms with Crippen molar-refractivity contribution in [3.05, 3.63) is 129 Å². The van der Waals surface area contributed by atoms with Crippen molar-refractivity contribution in [2.75, 3.05) is 0 Å². The molecule has 1 atom stereocenters. The van der Waals surface area contributed by atoms with Gasteiger partial charge in [0.25, 0.3) is 0 Å². The van der Waals surface area contributed by atoms with Gasteiger partial charge >= 0.3 is 0 Å². The lowest BCUT2D eigenvalue weighted by atomic mass is 9.99. The van der Waals surface area contributed by atoms with Crippen molar-refractivity contribution in [3.63, 3.8) is 0 Å². The zero-order valence-corrected chi connectivity index (χ0v) is 20.0. The average Bonchev–Trinajstić information content (AvgIpc) is 2.88. The van der Waals surface area contributed by atoms with Crippen LogP contribution >= 0.6 is 22.6 Å². The Morgan fingerprint density at radius 1 is 0.758 bits per heavy atom. The molecule has 4 rings (SSSR count). The first-order valence-corrected chi connectivity index (χ1v) is 11.6. The first-order chi connectivity index (χ1) is 16.2. The monoisotopic (exact) mass is 537 g/mol. The van der Waals surface area contributed by atoms with Crippen LogP contribution in [0.25, 0.3) is 11.1 Å². The normalized spacial score (nSPS) is 11.1. The van der Waals surface area contributed by atoms with Gasteiger partial charge in [-0.25, -0.2) is 0 Å². The van der Waals surface area contributed by atoms with Gasteiger partial charge in [-0.15, -0.1) is 0 Å². The Bertz CT molecular complexity index is 1300. The second-order valence-electron chi connectivity index (χ2n) is 7.55. The summed E-state index contributed by atoms with van der Waals surface area (Å²) in [4.78, 5) is 4.89. The Kier molecular flexibility index (Phi) is 7.29. The molecule has 1 unspecified atom stereocenters. The van der Waals surface area contributed by atoms with E-state index in [-0.39, 0.29) is 0 Å². The number of hydrogen-bond acceptors (Lipinski definition) is 3. The first kappa shape index (κ1) is 22.5. The molecule has 0 amide bonds. The van der Waals surface area contributed by atoms with Crippen molar-refractivity contribution in [1.82, 2.24) is 0 Å². The number of aliphatic imine (C=N–C) groups is 1. The molecule has 0 radical (unpaired) electrons. The third-order valence-corrected chi connectivity index (χ3v) is 6.35. The highest BCUT2D eigenvalue weighted by molar-refractivity contribution is 14.1. The van der Waals surface area contributed by atoms with Crippen LogP contribution in [0, 0.1) is 26.2 Å². The minimum Gasteiger partial charge on any atom is -0.265 e. The van der Waals surface area contributed by atoms with Crippen LogP contribution in [0.2, 0.25) is 0 Å². The van der Waals surface area contributed by atoms with E-state index in [0.717, 1.165) is 37.1 Å². The summed E-state index contributed by atoms with van der Waals surface area (Å²) in [6.45, 7) is 0. The molecule has 0 bridgehead atoms. The molecule has 0 aromatic heterocycles. The van der Waals surface area contributed by atoms with Gasteiger partial charge in [0.05, 0.1) is 23.4 Å². The molecule has 0 fully saturated rings. The number of nitriles is 2. The fourth-order valence-electron chi connectivity index (χ4n) is 3.62. The molecule has 3 nitrogen and oxygen atoms in total. The quantitative estimate of drug-likeness (QED) is 0.201. The molecule has 0 saturated heterocycles. The van der Waals surface area contributed by atoms with Gasteiger partial charge in [0.1, 0.15) is 6.04 Å². The van der Waals surface area contributed by atoms with E-state index < -0.39 is 6.04 Å². The van der Waals surface area contributed by atoms with Crippen LogP contribution in [-0.2, 0) is 6.42 Å². The van der Waals surface area contributed by atoms with Crippen molar-refractivity contribution in [2.45, 2.75) is 12.5 Å². The minimum absolute atomic E-state index is 0.505. The Labute approximate surface area is 207 Å². The lowest BCUT2D eigenvalue weighted by Gasteiger charge is -2.13. The highest BCUT2D eigenvalue weighted by Gasteiger charge is 2.14. The lowest BCUT2D eigenvalue weighted by molar-refractivity contribution is 0.822. The molecular weight excluding hydrogens is 517 g/mol. The SMILES string of the molecule is N#Cc1ccc(-c2ccc(CC(C#N)N=C(c3ccccc3)c3ccccc3)c(I)c2)cc1. The Morgan fingerprint density at radius 3 is 1.85 bits per heavy atom. The molecule has 33 heavy (non-hydrogen) atoms. The maximum Gasteiger partial charge on any atom is 0.141 e. The van der Waals surface area contributed by atoms with Gasteiger partial charge in [-0.2, -0.15) is 10.5 Å². The summed E-state index contributed by atoms with van der Waals surface area (Å²) in [5.41, 5.74) is 6.69. The van der Waals surface area contributed by atoms with E-state index in [2.05, 4.69) is 52.9 Å². The molecular formula is C29H20IN3. The fraction of sp³-hybridized carbons (Fsp3) is 0.0690. The summed E-state index contributed by atoms with van der Waals surface area (Å²) in [5, 5.41) is 18.9. The number of benzene rings is 4. The van der Waals surface area contributed by atoms with Gasteiger partial charge in [-0.3, -0.25) is 4.99 Å². The number of nitrogens with zero attached hydrogens (tertiary/aromatic N) is 3. The standard InChI is InChI=1S/C29H20IN3/c30-28-18-25(22-13-11-21(19-31)12-14-22)15-16-26(28)17-27(20-32)33-29(23-7-3-1-4-8-23)24-9-5-2-6-10-24/h1-16,18,27H,17H2. The van der Waals surface area contributed by atoms with Crippen LogP contribution in [-0.4, -0.2) is 11.8 Å². The highest BCUT2D eigenvalue weighted by atomic mass is 127. The first-order valence-electron chi connectivity index (χ1n) is 10.5. The summed E-state index contributed by atoms with van der Waals surface area (Å²) in [7, 11) is 0. The smallest absolute Gasteiger partial charge is 0.141 e. The van der Waals surface area contributed by atoms with Crippen molar-refractivity contribution in [3.8, 4) is 23.3 Å². The van der Waals surface area contributed by atoms with Gasteiger partial charge in [0.15, 0.2) is 0 Å². The zero-order chi connectivity index (χ0) is 23.0. The second kappa shape index (κ2) is 10.7. The third-order valence-electron chi connectivity index (χ3n) is 5.34. The number of rotatable bonds is 6. The Balaban J connectivity index is 1.63. The van der Waals surface area contributed by atoms with Crippen molar-refractivity contribution in [2.24, 2.45) is 4.99 Å². The maximum absolute atomic E-state index is 9.92. The van der Waals surface area contributed by atoms with Gasteiger partial charge in [-0.05, 0) is 57.5 Å². The van der Waals surface area contributed by atoms with E-state index in [9.17, 15) is 5.26 Å². The van der Waals surface area contributed by atoms with Crippen LogP contribution in [0.1, 0.15) is 22.3 Å². The van der Waals surface area contributed by atoms with Crippen LogP contribution in [0.15, 0.2) is 108 Å². The van der Waals surface area contributed by atoms with Crippen LogP contribution in [0.4, 0.5) is 0 Å². The van der Waals surface area contributed by atoms with Gasteiger partial charge in [-0.1, -0.05) is 84.9 Å². The molecule has 0 spiro atoms. The third kappa shape index (κ3) is 5.55. The fourth-order valence-corrected chi connectivity index (χ4v) is 4.36. The molecule has 0 aliphatic carbocycles. The average molecular weight is 537 g/mol. The molecule has 0 aliphatic heterocycles. The molecule has 0 aliphatic rings. The summed E-state index contributed by atoms with van der Waals surface area (Å²) >= 11 is 2.32. The second-order valence-corrected chi connectivity index (χ2v) is 8.72. The lowest BCUT2D eigenvalue weighted by Crippen LogP contribution is -2.13. The van der Waals surface area contributed by atoms with Gasteiger partial charge in [0.2, 0.25) is 0 Å². The van der Waals surface area contributed by atoms with Crippen LogP contribution < -0.4 is 0 Å². The van der Waals surface area contributed by atoms with Crippen molar-refractivity contribution in [1.29, 1.82) is 10.5 Å². The van der Waals surface area contributed by atoms with Gasteiger partial charge < -0.3 is 0 Å². The summed E-state index contributed by atoms with van der Waals surface area (Å²) in [6, 6.07) is 37.8. The van der Waals surface area contributed by atoms with E-state index in [1.54, 1.807) is 0 Å². The molecule has 0 saturated carbocycles. The maximum atomic E-state index is 9.92. The largest absolute Gasteiger partial charge is 0.265 e. The highest BCUT2D eigenvalue weighted by Crippen LogP contribution is 2.25. The van der Waals surface area contributed by atoms with Crippen LogP contribution in [0.3, 0.4) is 0 Å². The molecule has 4 heteroatoms. The molecule has 0 N–H and O–H groups in total.